The van der Waals surface area contributed by atoms with Crippen molar-refractivity contribution in [2.24, 2.45) is 0 Å². The zero-order valence-corrected chi connectivity index (χ0v) is 13.4. The first-order valence-corrected chi connectivity index (χ1v) is 7.40. The van der Waals surface area contributed by atoms with Gasteiger partial charge in [-0.05, 0) is 54.8 Å². The molecular weight excluding hydrogens is 286 g/mol. The van der Waals surface area contributed by atoms with Crippen LogP contribution in [0.15, 0.2) is 55.1 Å². The molecule has 0 aliphatic carbocycles. The van der Waals surface area contributed by atoms with Crippen LogP contribution in [0.5, 0.6) is 5.75 Å². The van der Waals surface area contributed by atoms with Gasteiger partial charge in [0.05, 0.1) is 24.7 Å². The summed E-state index contributed by atoms with van der Waals surface area (Å²) in [6.07, 6.45) is 2.32. The molecule has 0 aromatic heterocycles. The van der Waals surface area contributed by atoms with Crippen molar-refractivity contribution in [3.8, 4) is 11.8 Å². The summed E-state index contributed by atoms with van der Waals surface area (Å²) in [4.78, 5) is 12.9. The van der Waals surface area contributed by atoms with Gasteiger partial charge < -0.3 is 4.74 Å². The predicted octanol–water partition coefficient (Wildman–Crippen LogP) is 4.42. The second-order valence-electron chi connectivity index (χ2n) is 5.36. The predicted molar refractivity (Wildman–Crippen MR) is 90.8 cm³/mol. The average molecular weight is 305 g/mol. The summed E-state index contributed by atoms with van der Waals surface area (Å²) in [5, 5.41) is 8.95. The van der Waals surface area contributed by atoms with Crippen molar-refractivity contribution < 1.29 is 9.53 Å². The summed E-state index contributed by atoms with van der Waals surface area (Å²) in [7, 11) is 1.61. The Kier molecular flexibility index (Phi) is 5.32. The fourth-order valence-electron chi connectivity index (χ4n) is 2.59. The molecule has 1 unspecified atom stereocenters. The van der Waals surface area contributed by atoms with E-state index in [1.807, 2.05) is 31.2 Å². The van der Waals surface area contributed by atoms with Gasteiger partial charge in [-0.1, -0.05) is 18.2 Å². The van der Waals surface area contributed by atoms with Crippen molar-refractivity contribution >= 4 is 5.78 Å². The first kappa shape index (κ1) is 16.5. The molecule has 3 nitrogen and oxygen atoms in total. The van der Waals surface area contributed by atoms with Gasteiger partial charge in [-0.2, -0.15) is 5.26 Å². The summed E-state index contributed by atoms with van der Waals surface area (Å²) in [6.45, 7) is 5.62. The summed E-state index contributed by atoms with van der Waals surface area (Å²) in [5.41, 5.74) is 2.95. The van der Waals surface area contributed by atoms with E-state index in [0.717, 1.165) is 16.9 Å². The smallest absolute Gasteiger partial charge is 0.170 e. The van der Waals surface area contributed by atoms with Crippen LogP contribution >= 0.6 is 0 Å². The Hall–Kier alpha value is -2.86. The van der Waals surface area contributed by atoms with E-state index in [9.17, 15) is 4.79 Å². The van der Waals surface area contributed by atoms with Gasteiger partial charge >= 0.3 is 0 Å². The van der Waals surface area contributed by atoms with Gasteiger partial charge in [0.2, 0.25) is 0 Å². The molecule has 0 radical (unpaired) electrons. The molecule has 0 fully saturated rings. The molecule has 0 saturated carbocycles. The fraction of sp³-hybridized carbons (Fsp3) is 0.200. The zero-order valence-electron chi connectivity index (χ0n) is 13.4. The Labute approximate surface area is 136 Å². The molecule has 0 N–H and O–H groups in total. The lowest BCUT2D eigenvalue weighted by atomic mass is 9.86. The molecule has 3 heteroatoms. The van der Waals surface area contributed by atoms with E-state index in [2.05, 4.69) is 12.6 Å². The Bertz CT molecular complexity index is 754. The number of carbonyl (C=O) groups excluding carboxylic acids is 1. The van der Waals surface area contributed by atoms with E-state index in [4.69, 9.17) is 10.00 Å². The normalized spacial score (nSPS) is 11.3. The summed E-state index contributed by atoms with van der Waals surface area (Å²) in [6, 6.07) is 14.8. The van der Waals surface area contributed by atoms with Crippen molar-refractivity contribution in [1.82, 2.24) is 0 Å². The molecule has 1 atom stereocenters. The summed E-state index contributed by atoms with van der Waals surface area (Å²) >= 11 is 0. The van der Waals surface area contributed by atoms with Crippen molar-refractivity contribution in [2.75, 3.05) is 7.11 Å². The minimum atomic E-state index is -0.287. The fourth-order valence-corrected chi connectivity index (χ4v) is 2.59. The number of aryl methyl sites for hydroxylation is 1. The quantitative estimate of drug-likeness (QED) is 0.586. The summed E-state index contributed by atoms with van der Waals surface area (Å²) in [5.74, 6) is 0.509. The molecule has 116 valence electrons. The number of allylic oxidation sites excluding steroid dienone is 1. The third kappa shape index (κ3) is 3.67. The molecule has 2 rings (SSSR count). The van der Waals surface area contributed by atoms with Crippen LogP contribution in [0.2, 0.25) is 0 Å². The molecular formula is C20H19NO2. The third-order valence-corrected chi connectivity index (χ3v) is 3.86. The summed E-state index contributed by atoms with van der Waals surface area (Å²) < 4.78 is 5.16. The Morgan fingerprint density at radius 1 is 1.30 bits per heavy atom. The van der Waals surface area contributed by atoms with Crippen LogP contribution in [-0.4, -0.2) is 12.9 Å². The van der Waals surface area contributed by atoms with Gasteiger partial charge in [0.1, 0.15) is 5.75 Å². The van der Waals surface area contributed by atoms with E-state index in [1.54, 1.807) is 31.4 Å². The van der Waals surface area contributed by atoms with Crippen LogP contribution in [-0.2, 0) is 0 Å². The molecule has 23 heavy (non-hydrogen) atoms. The van der Waals surface area contributed by atoms with Crippen molar-refractivity contribution in [3.05, 3.63) is 77.4 Å². The topological polar surface area (TPSA) is 50.1 Å². The van der Waals surface area contributed by atoms with Crippen LogP contribution in [0.1, 0.15) is 39.4 Å². The third-order valence-electron chi connectivity index (χ3n) is 3.86. The van der Waals surface area contributed by atoms with E-state index in [1.165, 1.54) is 0 Å². The van der Waals surface area contributed by atoms with E-state index >= 15 is 0 Å². The minimum absolute atomic E-state index is 0.0389. The van der Waals surface area contributed by atoms with Crippen LogP contribution in [0.4, 0.5) is 0 Å². The standard InChI is InChI=1S/C20H19NO2/c1-4-5-19(16-7-9-17(23-3)10-8-16)20(22)18-11-6-15(13-21)12-14(18)2/h4,6-12,19H,1,5H2,2-3H3. The number of ketones is 1. The number of benzene rings is 2. The van der Waals surface area contributed by atoms with Crippen LogP contribution < -0.4 is 4.74 Å². The van der Waals surface area contributed by atoms with Gasteiger partial charge in [0.25, 0.3) is 0 Å². The molecule has 0 spiro atoms. The highest BCUT2D eigenvalue weighted by Crippen LogP contribution is 2.28. The molecule has 0 amide bonds. The number of carbonyl (C=O) groups is 1. The lowest BCUT2D eigenvalue weighted by molar-refractivity contribution is 0.0959. The monoisotopic (exact) mass is 305 g/mol. The van der Waals surface area contributed by atoms with Crippen LogP contribution in [0.25, 0.3) is 0 Å². The highest BCUT2D eigenvalue weighted by molar-refractivity contribution is 6.02. The van der Waals surface area contributed by atoms with Crippen molar-refractivity contribution in [3.63, 3.8) is 0 Å². The average Bonchev–Trinajstić information content (AvgIpc) is 2.59. The van der Waals surface area contributed by atoms with Gasteiger partial charge in [-0.3, -0.25) is 4.79 Å². The van der Waals surface area contributed by atoms with Crippen LogP contribution in [0.3, 0.4) is 0 Å². The van der Waals surface area contributed by atoms with Crippen LogP contribution in [0, 0.1) is 18.3 Å². The molecule has 2 aromatic carbocycles. The van der Waals surface area contributed by atoms with E-state index in [-0.39, 0.29) is 11.7 Å². The minimum Gasteiger partial charge on any atom is -0.497 e. The number of nitriles is 1. The molecule has 0 heterocycles. The number of rotatable bonds is 6. The zero-order chi connectivity index (χ0) is 16.8. The Morgan fingerprint density at radius 3 is 2.52 bits per heavy atom. The van der Waals surface area contributed by atoms with Crippen molar-refractivity contribution in [2.45, 2.75) is 19.3 Å². The lowest BCUT2D eigenvalue weighted by Gasteiger charge is -2.16. The SMILES string of the molecule is C=CCC(C(=O)c1ccc(C#N)cc1C)c1ccc(OC)cc1. The molecule has 0 bridgehead atoms. The molecule has 0 saturated heterocycles. The number of Topliss-reactive ketones (excluding diaryl/α,β-unsaturated/α-hetero) is 1. The van der Waals surface area contributed by atoms with Crippen molar-refractivity contribution in [1.29, 1.82) is 5.26 Å². The first-order valence-electron chi connectivity index (χ1n) is 7.40. The Balaban J connectivity index is 2.38. The van der Waals surface area contributed by atoms with Gasteiger partial charge in [-0.25, -0.2) is 0 Å². The first-order chi connectivity index (χ1) is 11.1. The lowest BCUT2D eigenvalue weighted by Crippen LogP contribution is -2.14. The maximum atomic E-state index is 12.9. The van der Waals surface area contributed by atoms with E-state index in [0.29, 0.717) is 17.5 Å². The van der Waals surface area contributed by atoms with Gasteiger partial charge in [0.15, 0.2) is 5.78 Å². The highest BCUT2D eigenvalue weighted by atomic mass is 16.5. The number of hydrogen-bond donors (Lipinski definition) is 0. The second kappa shape index (κ2) is 7.42. The maximum absolute atomic E-state index is 12.9. The van der Waals surface area contributed by atoms with Gasteiger partial charge in [-0.15, -0.1) is 6.58 Å². The largest absolute Gasteiger partial charge is 0.497 e. The Morgan fingerprint density at radius 2 is 2.00 bits per heavy atom. The molecule has 2 aromatic rings. The number of hydrogen-bond acceptors (Lipinski definition) is 3. The highest BCUT2D eigenvalue weighted by Gasteiger charge is 2.22. The molecule has 0 aliphatic rings. The number of nitrogens with zero attached hydrogens (tertiary/aromatic N) is 1. The number of ether oxygens (including phenoxy) is 1. The maximum Gasteiger partial charge on any atom is 0.170 e. The van der Waals surface area contributed by atoms with E-state index < -0.39 is 0 Å². The van der Waals surface area contributed by atoms with Gasteiger partial charge in [0, 0.05) is 5.56 Å². The number of methoxy groups -OCH3 is 1. The molecule has 0 aliphatic heterocycles. The second-order valence-corrected chi connectivity index (χ2v) is 5.36.